The Labute approximate surface area is 88.0 Å². The Bertz CT molecular complexity index is 337. The van der Waals surface area contributed by atoms with Crippen LogP contribution in [0.1, 0.15) is 18.4 Å². The number of benzene rings is 1. The molecule has 0 aromatic heterocycles. The second kappa shape index (κ2) is 4.89. The standard InChI is InChI=1S/C11H14FNO2/c1-7(10(13)11(14)15-2)8-3-5-9(12)6-4-8/h3-7,10H,13H2,1-2H3. The van der Waals surface area contributed by atoms with Gasteiger partial charge in [0.1, 0.15) is 11.9 Å². The second-order valence-corrected chi connectivity index (χ2v) is 3.39. The maximum absolute atomic E-state index is 12.7. The van der Waals surface area contributed by atoms with Crippen molar-refractivity contribution >= 4 is 5.97 Å². The van der Waals surface area contributed by atoms with Crippen LogP contribution in [0.2, 0.25) is 0 Å². The number of carbonyl (C=O) groups excluding carboxylic acids is 1. The average Bonchev–Trinajstić information content (AvgIpc) is 2.27. The van der Waals surface area contributed by atoms with E-state index in [1.54, 1.807) is 19.1 Å². The molecule has 82 valence electrons. The maximum atomic E-state index is 12.7. The first-order valence-corrected chi connectivity index (χ1v) is 4.65. The number of hydrogen-bond donors (Lipinski definition) is 1. The van der Waals surface area contributed by atoms with E-state index in [0.29, 0.717) is 0 Å². The van der Waals surface area contributed by atoms with E-state index in [1.165, 1.54) is 19.2 Å². The molecule has 0 heterocycles. The van der Waals surface area contributed by atoms with Gasteiger partial charge in [0.2, 0.25) is 0 Å². The summed E-state index contributed by atoms with van der Waals surface area (Å²) in [5, 5.41) is 0. The highest BCUT2D eigenvalue weighted by Gasteiger charge is 2.22. The van der Waals surface area contributed by atoms with Crippen LogP contribution in [0.3, 0.4) is 0 Å². The van der Waals surface area contributed by atoms with Gasteiger partial charge in [0.15, 0.2) is 0 Å². The van der Waals surface area contributed by atoms with Gasteiger partial charge in [0.25, 0.3) is 0 Å². The molecule has 2 unspecified atom stereocenters. The van der Waals surface area contributed by atoms with Gasteiger partial charge < -0.3 is 10.5 Å². The van der Waals surface area contributed by atoms with Crippen molar-refractivity contribution in [3.63, 3.8) is 0 Å². The first-order chi connectivity index (χ1) is 7.06. The Morgan fingerprint density at radius 1 is 1.40 bits per heavy atom. The Morgan fingerprint density at radius 2 is 1.93 bits per heavy atom. The molecule has 0 spiro atoms. The zero-order valence-electron chi connectivity index (χ0n) is 8.74. The average molecular weight is 211 g/mol. The summed E-state index contributed by atoms with van der Waals surface area (Å²) in [4.78, 5) is 11.2. The van der Waals surface area contributed by atoms with Crippen LogP contribution in [-0.4, -0.2) is 19.1 Å². The molecule has 1 rings (SSSR count). The van der Waals surface area contributed by atoms with Crippen LogP contribution in [-0.2, 0) is 9.53 Å². The van der Waals surface area contributed by atoms with E-state index in [9.17, 15) is 9.18 Å². The number of carbonyl (C=O) groups is 1. The fourth-order valence-corrected chi connectivity index (χ4v) is 1.31. The summed E-state index contributed by atoms with van der Waals surface area (Å²) in [6.07, 6.45) is 0. The van der Waals surface area contributed by atoms with Crippen LogP contribution >= 0.6 is 0 Å². The molecule has 0 fully saturated rings. The van der Waals surface area contributed by atoms with Gasteiger partial charge in [-0.25, -0.2) is 4.39 Å². The lowest BCUT2D eigenvalue weighted by atomic mass is 9.94. The Balaban J connectivity index is 2.80. The maximum Gasteiger partial charge on any atom is 0.323 e. The van der Waals surface area contributed by atoms with Crippen LogP contribution in [0, 0.1) is 5.82 Å². The van der Waals surface area contributed by atoms with Gasteiger partial charge >= 0.3 is 5.97 Å². The number of halogens is 1. The smallest absolute Gasteiger partial charge is 0.323 e. The van der Waals surface area contributed by atoms with Crippen LogP contribution in [0.5, 0.6) is 0 Å². The molecular formula is C11H14FNO2. The van der Waals surface area contributed by atoms with Gasteiger partial charge in [0, 0.05) is 5.92 Å². The highest BCUT2D eigenvalue weighted by atomic mass is 19.1. The highest BCUT2D eigenvalue weighted by Crippen LogP contribution is 2.18. The summed E-state index contributed by atoms with van der Waals surface area (Å²) in [6.45, 7) is 1.80. The van der Waals surface area contributed by atoms with Crippen molar-refractivity contribution in [2.45, 2.75) is 18.9 Å². The third-order valence-electron chi connectivity index (χ3n) is 2.41. The fraction of sp³-hybridized carbons (Fsp3) is 0.364. The molecule has 15 heavy (non-hydrogen) atoms. The van der Waals surface area contributed by atoms with E-state index in [4.69, 9.17) is 5.73 Å². The molecule has 2 N–H and O–H groups in total. The summed E-state index contributed by atoms with van der Waals surface area (Å²) < 4.78 is 17.2. The predicted octanol–water partition coefficient (Wildman–Crippen LogP) is 1.43. The minimum atomic E-state index is -0.722. The SMILES string of the molecule is COC(=O)C(N)C(C)c1ccc(F)cc1. The summed E-state index contributed by atoms with van der Waals surface area (Å²) in [5.74, 6) is -0.970. The predicted molar refractivity (Wildman–Crippen MR) is 54.8 cm³/mol. The molecule has 0 saturated carbocycles. The first kappa shape index (κ1) is 11.7. The van der Waals surface area contributed by atoms with Gasteiger partial charge in [-0.1, -0.05) is 19.1 Å². The summed E-state index contributed by atoms with van der Waals surface area (Å²) in [5.41, 5.74) is 6.49. The fourth-order valence-electron chi connectivity index (χ4n) is 1.31. The van der Waals surface area contributed by atoms with Crippen molar-refractivity contribution < 1.29 is 13.9 Å². The number of hydrogen-bond acceptors (Lipinski definition) is 3. The number of methoxy groups -OCH3 is 1. The zero-order chi connectivity index (χ0) is 11.4. The number of nitrogens with two attached hydrogens (primary N) is 1. The van der Waals surface area contributed by atoms with E-state index >= 15 is 0 Å². The molecule has 1 aromatic rings. The lowest BCUT2D eigenvalue weighted by Crippen LogP contribution is -2.36. The van der Waals surface area contributed by atoms with E-state index in [1.807, 2.05) is 0 Å². The van der Waals surface area contributed by atoms with Crippen molar-refractivity contribution in [1.82, 2.24) is 0 Å². The van der Waals surface area contributed by atoms with Gasteiger partial charge in [-0.2, -0.15) is 0 Å². The van der Waals surface area contributed by atoms with Crippen LogP contribution < -0.4 is 5.73 Å². The second-order valence-electron chi connectivity index (χ2n) is 3.39. The van der Waals surface area contributed by atoms with Crippen molar-refractivity contribution in [2.24, 2.45) is 5.73 Å². The molecule has 0 saturated heterocycles. The van der Waals surface area contributed by atoms with Gasteiger partial charge in [-0.05, 0) is 17.7 Å². The quantitative estimate of drug-likeness (QED) is 0.769. The molecular weight excluding hydrogens is 197 g/mol. The third kappa shape index (κ3) is 2.76. The molecule has 0 amide bonds. The molecule has 0 aliphatic heterocycles. The Kier molecular flexibility index (Phi) is 3.80. The summed E-state index contributed by atoms with van der Waals surface area (Å²) >= 11 is 0. The number of rotatable bonds is 3. The third-order valence-corrected chi connectivity index (χ3v) is 2.41. The highest BCUT2D eigenvalue weighted by molar-refractivity contribution is 5.76. The van der Waals surface area contributed by atoms with Gasteiger partial charge in [-0.15, -0.1) is 0 Å². The largest absolute Gasteiger partial charge is 0.468 e. The Hall–Kier alpha value is -1.42. The van der Waals surface area contributed by atoms with Crippen LogP contribution in [0.4, 0.5) is 4.39 Å². The van der Waals surface area contributed by atoms with Gasteiger partial charge in [-0.3, -0.25) is 4.79 Å². The normalized spacial score (nSPS) is 14.4. The molecule has 0 aliphatic carbocycles. The van der Waals surface area contributed by atoms with Crippen LogP contribution in [0.15, 0.2) is 24.3 Å². The molecule has 1 aromatic carbocycles. The van der Waals surface area contributed by atoms with Gasteiger partial charge in [0.05, 0.1) is 7.11 Å². The lowest BCUT2D eigenvalue weighted by molar-refractivity contribution is -0.142. The summed E-state index contributed by atoms with van der Waals surface area (Å²) in [6, 6.07) is 5.19. The van der Waals surface area contributed by atoms with E-state index in [0.717, 1.165) is 5.56 Å². The van der Waals surface area contributed by atoms with Crippen molar-refractivity contribution in [3.8, 4) is 0 Å². The summed E-state index contributed by atoms with van der Waals surface area (Å²) in [7, 11) is 1.29. The molecule has 0 bridgehead atoms. The minimum Gasteiger partial charge on any atom is -0.468 e. The zero-order valence-corrected chi connectivity index (χ0v) is 8.74. The topological polar surface area (TPSA) is 52.3 Å². The van der Waals surface area contributed by atoms with Crippen molar-refractivity contribution in [2.75, 3.05) is 7.11 Å². The lowest BCUT2D eigenvalue weighted by Gasteiger charge is -2.17. The molecule has 0 aliphatic rings. The minimum absolute atomic E-state index is 0.196. The molecule has 3 nitrogen and oxygen atoms in total. The first-order valence-electron chi connectivity index (χ1n) is 4.65. The molecule has 2 atom stereocenters. The van der Waals surface area contributed by atoms with Crippen molar-refractivity contribution in [3.05, 3.63) is 35.6 Å². The van der Waals surface area contributed by atoms with Crippen LogP contribution in [0.25, 0.3) is 0 Å². The molecule has 4 heteroatoms. The number of esters is 1. The monoisotopic (exact) mass is 211 g/mol. The molecule has 0 radical (unpaired) electrons. The van der Waals surface area contributed by atoms with E-state index in [2.05, 4.69) is 4.74 Å². The van der Waals surface area contributed by atoms with Crippen molar-refractivity contribution in [1.29, 1.82) is 0 Å². The Morgan fingerprint density at radius 3 is 2.40 bits per heavy atom. The van der Waals surface area contributed by atoms with E-state index in [-0.39, 0.29) is 11.7 Å². The number of ether oxygens (including phenoxy) is 1. The van der Waals surface area contributed by atoms with E-state index < -0.39 is 12.0 Å².